The molecule has 0 radical (unpaired) electrons. The van der Waals surface area contributed by atoms with Crippen LogP contribution in [0.5, 0.6) is 11.5 Å². The van der Waals surface area contributed by atoms with Crippen molar-refractivity contribution in [3.63, 3.8) is 0 Å². The number of nitrogens with two attached hydrogens (primary N) is 5. The number of carbonyl (C=O) groups excluding carboxylic acids is 12. The second-order valence-corrected chi connectivity index (χ2v) is 28.9. The minimum Gasteiger partial charge on any atom is -0.370 e. The molecule has 0 fully saturated rings. The summed E-state index contributed by atoms with van der Waals surface area (Å²) in [6.45, 7) is 11.0. The number of hydrogen-bond acceptors (Lipinski definition) is 17. The number of amides is 7. The summed E-state index contributed by atoms with van der Waals surface area (Å²) in [6.07, 6.45) is 0.973. The fourth-order valence-corrected chi connectivity index (χ4v) is 14.3. The maximum absolute atomic E-state index is 14.4. The van der Waals surface area contributed by atoms with Crippen LogP contribution in [0.15, 0.2) is 82.6 Å². The second-order valence-electron chi connectivity index (χ2n) is 25.6. The van der Waals surface area contributed by atoms with Gasteiger partial charge in [0.25, 0.3) is 0 Å². The Balaban J connectivity index is 1.48. The Morgan fingerprint density at radius 2 is 1.06 bits per heavy atom. The molecule has 0 spiro atoms. The molecule has 0 saturated carbocycles. The molecule has 3 aromatic carbocycles. The molecule has 0 aliphatic carbocycles. The van der Waals surface area contributed by atoms with Crippen LogP contribution >= 0.6 is 11.8 Å². The van der Waals surface area contributed by atoms with E-state index in [1.165, 1.54) is 0 Å². The van der Waals surface area contributed by atoms with Crippen LogP contribution in [0.4, 0.5) is 0 Å². The third-order valence-corrected chi connectivity index (χ3v) is 19.5. The fraction of sp³-hybridized carbons (Fsp3) is 0.565. The number of ether oxygens (including phenoxy) is 1. The predicted octanol–water partition coefficient (Wildman–Crippen LogP) is 4.36. The summed E-state index contributed by atoms with van der Waals surface area (Å²) in [4.78, 5) is 165. The molecular formula is C69H100N10O13SSe. The molecule has 1 aliphatic heterocycles. The van der Waals surface area contributed by atoms with Crippen molar-refractivity contribution in [2.75, 3.05) is 26.2 Å². The summed E-state index contributed by atoms with van der Waals surface area (Å²) < 4.78 is 7.20. The van der Waals surface area contributed by atoms with Crippen LogP contribution in [0.3, 0.4) is 0 Å². The predicted molar refractivity (Wildman–Crippen MR) is 361 cm³/mol. The van der Waals surface area contributed by atoms with E-state index in [-0.39, 0.29) is 93.7 Å². The van der Waals surface area contributed by atoms with Gasteiger partial charge >= 0.3 is 298 Å². The fourth-order valence-electron chi connectivity index (χ4n) is 10.9. The van der Waals surface area contributed by atoms with E-state index >= 15 is 0 Å². The molecule has 1 heterocycles. The number of unbranched alkanes of at least 4 members (excludes halogenated alkanes) is 2. The molecule has 0 unspecified atom stereocenters. The van der Waals surface area contributed by atoms with Crippen molar-refractivity contribution in [2.45, 2.75) is 190 Å². The van der Waals surface area contributed by atoms with Gasteiger partial charge in [-0.25, -0.2) is 0 Å². The van der Waals surface area contributed by atoms with Crippen LogP contribution in [0.2, 0.25) is 5.32 Å². The van der Waals surface area contributed by atoms with Gasteiger partial charge in [-0.2, -0.15) is 0 Å². The minimum absolute atomic E-state index is 0.102. The van der Waals surface area contributed by atoms with E-state index < -0.39 is 153 Å². The first kappa shape index (κ1) is 79.3. The number of hydrogen-bond donors (Lipinski definition) is 10. The van der Waals surface area contributed by atoms with Gasteiger partial charge in [0, 0.05) is 24.7 Å². The minimum atomic E-state index is -1.41. The summed E-state index contributed by atoms with van der Waals surface area (Å²) in [7, 11) is 0. The van der Waals surface area contributed by atoms with E-state index in [2.05, 4.69) is 26.6 Å². The van der Waals surface area contributed by atoms with Crippen molar-refractivity contribution in [1.29, 1.82) is 0 Å². The van der Waals surface area contributed by atoms with E-state index in [0.717, 1.165) is 19.8 Å². The van der Waals surface area contributed by atoms with Gasteiger partial charge in [0.15, 0.2) is 5.78 Å². The maximum atomic E-state index is 14.4. The molecule has 0 bridgehead atoms. The summed E-state index contributed by atoms with van der Waals surface area (Å²) in [5, 5.41) is 13.7. The molecule has 94 heavy (non-hydrogen) atoms. The Labute approximate surface area is 563 Å². The number of ketones is 5. The van der Waals surface area contributed by atoms with Gasteiger partial charge in [0.05, 0.1) is 18.5 Å². The number of carbonyl (C=O) groups is 12. The molecule has 516 valence electrons. The second kappa shape index (κ2) is 41.6. The van der Waals surface area contributed by atoms with Crippen LogP contribution in [-0.4, -0.2) is 136 Å². The quantitative estimate of drug-likeness (QED) is 0.0217. The Morgan fingerprint density at radius 3 is 1.69 bits per heavy atom. The van der Waals surface area contributed by atoms with E-state index in [4.69, 9.17) is 33.4 Å². The normalized spacial score (nSPS) is 14.3. The molecule has 23 nitrogen and oxygen atoms in total. The van der Waals surface area contributed by atoms with E-state index in [0.29, 0.717) is 56.7 Å². The first-order valence-electron chi connectivity index (χ1n) is 32.7. The number of rotatable bonds is 47. The van der Waals surface area contributed by atoms with E-state index in [9.17, 15) is 57.5 Å². The summed E-state index contributed by atoms with van der Waals surface area (Å²) in [5.74, 6) is -9.74. The zero-order valence-corrected chi connectivity index (χ0v) is 57.9. The first-order valence-corrected chi connectivity index (χ1v) is 35.6. The van der Waals surface area contributed by atoms with Gasteiger partial charge in [-0.15, -0.1) is 0 Å². The zero-order valence-electron chi connectivity index (χ0n) is 55.3. The Kier molecular flexibility index (Phi) is 35.1. The number of Topliss-reactive ketones (excluding diaryl/α,β-unsaturated/α-hetero) is 5. The molecule has 15 N–H and O–H groups in total. The van der Waals surface area contributed by atoms with Crippen LogP contribution in [-0.2, 0) is 64.0 Å². The molecule has 25 heteroatoms. The van der Waals surface area contributed by atoms with Crippen molar-refractivity contribution >= 4 is 101 Å². The zero-order chi connectivity index (χ0) is 69.4. The van der Waals surface area contributed by atoms with Crippen molar-refractivity contribution in [3.05, 3.63) is 78.4 Å². The number of primary amides is 2. The van der Waals surface area contributed by atoms with Crippen LogP contribution < -0.4 is 64.5 Å². The number of nitrogens with one attached hydrogen (secondary N) is 5. The third-order valence-electron chi connectivity index (χ3n) is 15.9. The monoisotopic (exact) mass is 1390 g/mol. The van der Waals surface area contributed by atoms with Gasteiger partial charge in [-0.3, -0.25) is 28.8 Å². The molecule has 3 aromatic rings. The number of fused-ring (bicyclic) bond motifs is 2. The topological polar surface area (TPSA) is 404 Å². The molecule has 4 rings (SSSR count). The Bertz CT molecular complexity index is 3060. The first-order chi connectivity index (χ1) is 44.7. The van der Waals surface area contributed by atoms with Crippen LogP contribution in [0.25, 0.3) is 0 Å². The van der Waals surface area contributed by atoms with Crippen LogP contribution in [0.1, 0.15) is 150 Å². The summed E-state index contributed by atoms with van der Waals surface area (Å²) >= 11 is 1.08. The molecule has 1 aliphatic rings. The van der Waals surface area contributed by atoms with Gasteiger partial charge < -0.3 is 34.0 Å². The number of para-hydroxylation sites is 2. The van der Waals surface area contributed by atoms with Gasteiger partial charge in [-0.05, 0) is 62.6 Å². The van der Waals surface area contributed by atoms with Crippen molar-refractivity contribution < 1.29 is 62.3 Å². The smallest absolute Gasteiger partial charge is 0.370 e. The van der Waals surface area contributed by atoms with Gasteiger partial charge in [0.1, 0.15) is 0 Å². The molecule has 7 amide bonds. The van der Waals surface area contributed by atoms with E-state index in [1.54, 1.807) is 11.8 Å². The van der Waals surface area contributed by atoms with Crippen LogP contribution in [0, 0.1) is 41.4 Å². The molecule has 8 atom stereocenters. The number of benzene rings is 3. The van der Waals surface area contributed by atoms with Gasteiger partial charge in [-0.1, -0.05) is 70.9 Å². The average molecular weight is 1390 g/mol. The molecule has 0 saturated heterocycles. The van der Waals surface area contributed by atoms with Gasteiger partial charge in [0.2, 0.25) is 23.6 Å². The SMILES string of the molecule is CC(C)C[C@H](CC(=O)CNC(=O)[C@H](C[Se]c1cccc2c1Oc1ccccc1S2)CC(=O)CNC(=O)CCC(=O)[C@H](Cc1ccccc1)NC(=O)[C@@H](N)CC(C)C)C(=O)N[C@@H](CC(C)C)C(=O)C[C@@H](CCCCN)C(=O)N[C@@H](CC(N)=O)C(=O)C[C@@H](CCCCN)C(N)=O. The van der Waals surface area contributed by atoms with Crippen molar-refractivity contribution in [1.82, 2.24) is 26.6 Å². The Morgan fingerprint density at radius 1 is 0.511 bits per heavy atom. The standard InChI is InChI=1S/C69H100N10O13SSe/c1-41(2)29-47(68(90)77-52(31-43(5)6)57(84)36-46(20-13-15-28-71)67(89)78-54(37-62(73)85)56(83)35-45(65(74)87)19-12-14-27-70)33-49(80)39-76-66(88)48(40-94-61-24-16-23-60-64(61)92-58-21-10-11-22-59(58)93-60)34-50(81)38-75-63(86)26-25-55(82)53(32-44-17-8-7-9-18-44)79-69(91)51(72)30-42(3)4/h7-11,16-18,21-24,41-43,45-48,51-54H,12-15,19-20,25-40,70-72H2,1-6H3,(H2,73,85)(H2,74,87)(H,75,86)(H,76,88)(H,77,90)(H,78,89)(H,79,91)/t45-,46-,47-,48+,51+,52+,53+,54+/m1/s1. The van der Waals surface area contributed by atoms with Crippen molar-refractivity contribution in [3.8, 4) is 11.5 Å². The average Bonchev–Trinajstić information content (AvgIpc) is 0.843. The van der Waals surface area contributed by atoms with Crippen molar-refractivity contribution in [2.24, 2.45) is 70.1 Å². The summed E-state index contributed by atoms with van der Waals surface area (Å²) in [5.41, 5.74) is 29.5. The Hall–Kier alpha value is -7.15. The van der Waals surface area contributed by atoms with E-state index in [1.807, 2.05) is 114 Å². The summed E-state index contributed by atoms with van der Waals surface area (Å²) in [6, 6.07) is 18.1. The molecular weight excluding hydrogens is 1290 g/mol. The third kappa shape index (κ3) is 28.8. The molecule has 0 aromatic heterocycles.